The van der Waals surface area contributed by atoms with Gasteiger partial charge in [-0.15, -0.1) is 0 Å². The van der Waals surface area contributed by atoms with E-state index in [1.165, 1.54) is 0 Å². The molecule has 7 nitrogen and oxygen atoms in total. The van der Waals surface area contributed by atoms with Crippen molar-refractivity contribution < 1.29 is 28.9 Å². The molecule has 0 atom stereocenters. The lowest BCUT2D eigenvalue weighted by atomic mass is 9.90. The summed E-state index contributed by atoms with van der Waals surface area (Å²) in [7, 11) is 0. The number of nitrogens with one attached hydrogen (secondary N) is 1. The maximum atomic E-state index is 12.3. The van der Waals surface area contributed by atoms with Gasteiger partial charge in [-0.25, -0.2) is 9.59 Å². The van der Waals surface area contributed by atoms with Crippen LogP contribution >= 0.6 is 0 Å². The summed E-state index contributed by atoms with van der Waals surface area (Å²) in [5.41, 5.74) is 1.83. The Bertz CT molecular complexity index is 950. The summed E-state index contributed by atoms with van der Waals surface area (Å²) in [6.07, 6.45) is 5.74. The number of aliphatic hydroxyl groups is 1. The zero-order valence-corrected chi connectivity index (χ0v) is 16.0. The number of allylic oxidation sites excluding steroid dienone is 2. The van der Waals surface area contributed by atoms with Crippen LogP contribution in [0.15, 0.2) is 49.1 Å². The van der Waals surface area contributed by atoms with Crippen LogP contribution in [0.25, 0.3) is 10.8 Å². The molecule has 1 aliphatic rings. The highest BCUT2D eigenvalue weighted by Gasteiger charge is 2.23. The van der Waals surface area contributed by atoms with E-state index in [-0.39, 0.29) is 26.4 Å². The van der Waals surface area contributed by atoms with E-state index in [0.29, 0.717) is 24.3 Å². The van der Waals surface area contributed by atoms with Gasteiger partial charge in [0.15, 0.2) is 0 Å². The minimum absolute atomic E-state index is 0.0233. The van der Waals surface area contributed by atoms with Gasteiger partial charge in [-0.1, -0.05) is 43.0 Å². The van der Waals surface area contributed by atoms with Crippen molar-refractivity contribution in [2.24, 2.45) is 0 Å². The molecule has 2 aromatic carbocycles. The van der Waals surface area contributed by atoms with Crippen LogP contribution in [0.5, 0.6) is 11.5 Å². The second-order valence-electron chi connectivity index (χ2n) is 6.30. The molecule has 2 aromatic rings. The summed E-state index contributed by atoms with van der Waals surface area (Å²) >= 11 is 0. The van der Waals surface area contributed by atoms with Gasteiger partial charge < -0.3 is 24.6 Å². The van der Waals surface area contributed by atoms with Gasteiger partial charge in [0.25, 0.3) is 0 Å². The fourth-order valence-corrected chi connectivity index (χ4v) is 3.23. The first-order valence-corrected chi connectivity index (χ1v) is 9.35. The number of fused-ring (bicyclic) bond motifs is 2. The zero-order valence-electron chi connectivity index (χ0n) is 16.0. The zero-order chi connectivity index (χ0) is 20.6. The summed E-state index contributed by atoms with van der Waals surface area (Å²) in [5, 5.41) is 13.3. The van der Waals surface area contributed by atoms with Crippen molar-refractivity contribution in [1.29, 1.82) is 0 Å². The van der Waals surface area contributed by atoms with E-state index in [4.69, 9.17) is 14.2 Å². The third-order valence-electron chi connectivity index (χ3n) is 4.45. The van der Waals surface area contributed by atoms with E-state index in [9.17, 15) is 14.7 Å². The number of ether oxygens (including phenoxy) is 3. The third kappa shape index (κ3) is 4.75. The van der Waals surface area contributed by atoms with Crippen LogP contribution in [0.1, 0.15) is 11.1 Å². The van der Waals surface area contributed by atoms with E-state index < -0.39 is 12.1 Å². The molecular formula is C22H23NO6. The van der Waals surface area contributed by atoms with Crippen LogP contribution in [-0.4, -0.2) is 43.5 Å². The molecule has 2 N–H and O–H groups in total. The first-order chi connectivity index (χ1) is 14.2. The van der Waals surface area contributed by atoms with Crippen molar-refractivity contribution in [2.45, 2.75) is 12.8 Å². The van der Waals surface area contributed by atoms with Crippen molar-refractivity contribution >= 4 is 22.8 Å². The lowest BCUT2D eigenvalue weighted by molar-refractivity contribution is -0.137. The monoisotopic (exact) mass is 397 g/mol. The highest BCUT2D eigenvalue weighted by atomic mass is 16.6. The van der Waals surface area contributed by atoms with Crippen LogP contribution in [-0.2, 0) is 22.4 Å². The Labute approximate surface area is 168 Å². The van der Waals surface area contributed by atoms with Gasteiger partial charge in [-0.3, -0.25) is 0 Å². The van der Waals surface area contributed by atoms with Crippen LogP contribution in [0.2, 0.25) is 0 Å². The van der Waals surface area contributed by atoms with Crippen molar-refractivity contribution in [3.63, 3.8) is 0 Å². The molecule has 0 radical (unpaired) electrons. The Balaban J connectivity index is 1.87. The Morgan fingerprint density at radius 1 is 1.07 bits per heavy atom. The van der Waals surface area contributed by atoms with Gasteiger partial charge >= 0.3 is 12.1 Å². The van der Waals surface area contributed by atoms with E-state index in [2.05, 4.69) is 11.9 Å². The molecule has 3 rings (SSSR count). The molecule has 0 heterocycles. The normalized spacial score (nSPS) is 12.2. The van der Waals surface area contributed by atoms with Gasteiger partial charge in [0, 0.05) is 28.0 Å². The molecule has 0 aromatic heterocycles. The molecule has 1 aliphatic carbocycles. The average Bonchev–Trinajstić information content (AvgIpc) is 2.76. The van der Waals surface area contributed by atoms with Crippen LogP contribution in [0.4, 0.5) is 4.79 Å². The van der Waals surface area contributed by atoms with Crippen molar-refractivity contribution in [3.05, 3.63) is 60.2 Å². The summed E-state index contributed by atoms with van der Waals surface area (Å²) in [6, 6.07) is 7.52. The highest BCUT2D eigenvalue weighted by Crippen LogP contribution is 2.43. The molecule has 0 unspecified atom stereocenters. The molecule has 1 amide bonds. The molecule has 7 heteroatoms. The molecular weight excluding hydrogens is 374 g/mol. The first-order valence-electron chi connectivity index (χ1n) is 9.35. The second-order valence-corrected chi connectivity index (χ2v) is 6.30. The van der Waals surface area contributed by atoms with Gasteiger partial charge in [0.1, 0.15) is 24.7 Å². The summed E-state index contributed by atoms with van der Waals surface area (Å²) in [5.74, 6) is 0.639. The number of aliphatic hydroxyl groups excluding tert-OH is 1. The highest BCUT2D eigenvalue weighted by molar-refractivity contribution is 5.97. The van der Waals surface area contributed by atoms with Crippen molar-refractivity contribution in [1.82, 2.24) is 5.32 Å². The number of benzene rings is 2. The molecule has 152 valence electrons. The Hall–Kier alpha value is -3.32. The third-order valence-corrected chi connectivity index (χ3v) is 4.45. The maximum absolute atomic E-state index is 12.3. The van der Waals surface area contributed by atoms with E-state index in [0.717, 1.165) is 28.0 Å². The van der Waals surface area contributed by atoms with Gasteiger partial charge in [-0.2, -0.15) is 0 Å². The van der Waals surface area contributed by atoms with Crippen molar-refractivity contribution in [2.75, 3.05) is 26.4 Å². The minimum atomic E-state index is -0.634. The van der Waals surface area contributed by atoms with Crippen LogP contribution in [0.3, 0.4) is 0 Å². The van der Waals surface area contributed by atoms with E-state index in [1.54, 1.807) is 0 Å². The largest absolute Gasteiger partial charge is 0.490 e. The first kappa shape index (κ1) is 20.4. The molecule has 0 saturated carbocycles. The summed E-state index contributed by atoms with van der Waals surface area (Å²) in [4.78, 5) is 23.4. The van der Waals surface area contributed by atoms with Crippen LogP contribution in [0, 0.1) is 0 Å². The topological polar surface area (TPSA) is 94.1 Å². The fourth-order valence-electron chi connectivity index (χ4n) is 3.23. The summed E-state index contributed by atoms with van der Waals surface area (Å²) < 4.78 is 16.3. The standard InChI is InChI=1S/C22H23NO6/c1-2-19(25)27-13-11-23-22(26)29-21-17-9-5-3-7-15(17)20(28-14-12-24)16-8-4-6-10-18(16)21/h2-7,9,24H,1,8,10-14H2,(H,23,26). The van der Waals surface area contributed by atoms with Gasteiger partial charge in [0.05, 0.1) is 13.2 Å². The van der Waals surface area contributed by atoms with E-state index in [1.807, 2.05) is 36.4 Å². The molecule has 0 saturated heterocycles. The lowest BCUT2D eigenvalue weighted by Gasteiger charge is -2.22. The number of esters is 1. The lowest BCUT2D eigenvalue weighted by Crippen LogP contribution is -2.31. The number of carbonyl (C=O) groups excluding carboxylic acids is 2. The van der Waals surface area contributed by atoms with Crippen molar-refractivity contribution in [3.8, 4) is 11.5 Å². The second kappa shape index (κ2) is 9.75. The number of rotatable bonds is 8. The van der Waals surface area contributed by atoms with Gasteiger partial charge in [0.2, 0.25) is 0 Å². The molecule has 0 spiro atoms. The summed E-state index contributed by atoms with van der Waals surface area (Å²) in [6.45, 7) is 3.55. The maximum Gasteiger partial charge on any atom is 0.412 e. The molecule has 0 fully saturated rings. The number of hydrogen-bond donors (Lipinski definition) is 2. The number of hydrogen-bond acceptors (Lipinski definition) is 6. The molecule has 0 bridgehead atoms. The van der Waals surface area contributed by atoms with Crippen LogP contribution < -0.4 is 14.8 Å². The smallest absolute Gasteiger partial charge is 0.412 e. The number of amides is 1. The predicted molar refractivity (Wildman–Crippen MR) is 108 cm³/mol. The SMILES string of the molecule is C=CC(=O)OCCNC(=O)Oc1c2c(c(OCCO)c3ccccc13)CC=CC2. The van der Waals surface area contributed by atoms with Gasteiger partial charge in [-0.05, 0) is 12.8 Å². The Morgan fingerprint density at radius 2 is 1.72 bits per heavy atom. The molecule has 29 heavy (non-hydrogen) atoms. The fraction of sp³-hybridized carbons (Fsp3) is 0.273. The average molecular weight is 397 g/mol. The Morgan fingerprint density at radius 3 is 2.38 bits per heavy atom. The predicted octanol–water partition coefficient (Wildman–Crippen LogP) is 2.68. The number of carbonyl (C=O) groups is 2. The Kier molecular flexibility index (Phi) is 6.86. The quantitative estimate of drug-likeness (QED) is 0.308. The van der Waals surface area contributed by atoms with E-state index >= 15 is 0 Å². The molecule has 0 aliphatic heterocycles. The minimum Gasteiger partial charge on any atom is -0.490 e.